The van der Waals surface area contributed by atoms with Crippen LogP contribution in [0.1, 0.15) is 18.1 Å². The fraction of sp³-hybridized carbons (Fsp3) is 0.412. The number of nitrogens with one attached hydrogen (secondary N) is 1. The fourth-order valence-corrected chi connectivity index (χ4v) is 2.80. The summed E-state index contributed by atoms with van der Waals surface area (Å²) in [5.41, 5.74) is 2.47. The summed E-state index contributed by atoms with van der Waals surface area (Å²) in [5, 5.41) is 17.5. The second-order valence-electron chi connectivity index (χ2n) is 5.30. The summed E-state index contributed by atoms with van der Waals surface area (Å²) in [6.07, 6.45) is 0.514. The fourth-order valence-electron chi connectivity index (χ4n) is 2.12. The zero-order valence-electron chi connectivity index (χ0n) is 12.4. The van der Waals surface area contributed by atoms with E-state index in [0.29, 0.717) is 25.8 Å². The number of hydrogen-bond acceptors (Lipinski definition) is 4. The van der Waals surface area contributed by atoms with Crippen molar-refractivity contribution >= 4 is 11.3 Å². The van der Waals surface area contributed by atoms with Crippen molar-refractivity contribution < 1.29 is 9.84 Å². The lowest BCUT2D eigenvalue weighted by molar-refractivity contribution is 0.0278. The Hall–Kier alpha value is -1.20. The summed E-state index contributed by atoms with van der Waals surface area (Å²) in [7, 11) is 0. The Morgan fingerprint density at radius 2 is 2.00 bits per heavy atom. The summed E-state index contributed by atoms with van der Waals surface area (Å²) in [4.78, 5) is 0. The van der Waals surface area contributed by atoms with Gasteiger partial charge in [-0.3, -0.25) is 0 Å². The van der Waals surface area contributed by atoms with E-state index in [1.807, 2.05) is 30.3 Å². The molecular formula is C17H23NO2S. The highest BCUT2D eigenvalue weighted by Crippen LogP contribution is 2.08. The Balaban J connectivity index is 1.58. The number of hydrogen-bond donors (Lipinski definition) is 2. The van der Waals surface area contributed by atoms with Gasteiger partial charge in [-0.05, 0) is 41.3 Å². The van der Waals surface area contributed by atoms with Crippen molar-refractivity contribution in [3.63, 3.8) is 0 Å². The van der Waals surface area contributed by atoms with Crippen molar-refractivity contribution in [2.75, 3.05) is 13.2 Å². The summed E-state index contributed by atoms with van der Waals surface area (Å²) >= 11 is 1.72. The number of thiophene rings is 1. The molecule has 3 nitrogen and oxygen atoms in total. The van der Waals surface area contributed by atoms with Gasteiger partial charge in [0.15, 0.2) is 0 Å². The molecule has 0 bridgehead atoms. The molecule has 0 aliphatic rings. The van der Waals surface area contributed by atoms with E-state index in [4.69, 9.17) is 4.74 Å². The maximum atomic E-state index is 9.92. The maximum absolute atomic E-state index is 9.92. The Kier molecular flexibility index (Phi) is 6.89. The van der Waals surface area contributed by atoms with Gasteiger partial charge >= 0.3 is 0 Å². The van der Waals surface area contributed by atoms with Gasteiger partial charge in [0, 0.05) is 12.6 Å². The van der Waals surface area contributed by atoms with E-state index in [2.05, 4.69) is 29.1 Å². The number of rotatable bonds is 9. The van der Waals surface area contributed by atoms with E-state index < -0.39 is 6.10 Å². The highest BCUT2D eigenvalue weighted by molar-refractivity contribution is 7.07. The molecular weight excluding hydrogens is 282 g/mol. The van der Waals surface area contributed by atoms with Crippen LogP contribution < -0.4 is 5.32 Å². The van der Waals surface area contributed by atoms with Crippen LogP contribution >= 0.6 is 11.3 Å². The molecule has 0 radical (unpaired) electrons. The Morgan fingerprint density at radius 3 is 2.71 bits per heavy atom. The molecule has 0 saturated carbocycles. The van der Waals surface area contributed by atoms with Crippen LogP contribution in [0.2, 0.25) is 0 Å². The van der Waals surface area contributed by atoms with Gasteiger partial charge in [-0.2, -0.15) is 11.3 Å². The molecule has 0 amide bonds. The van der Waals surface area contributed by atoms with Crippen LogP contribution in [0.4, 0.5) is 0 Å². The zero-order chi connectivity index (χ0) is 14.9. The highest BCUT2D eigenvalue weighted by atomic mass is 32.1. The third-order valence-electron chi connectivity index (χ3n) is 3.25. The minimum Gasteiger partial charge on any atom is -0.389 e. The first-order chi connectivity index (χ1) is 10.2. The summed E-state index contributed by atoms with van der Waals surface area (Å²) < 4.78 is 5.53. The molecule has 1 aromatic heterocycles. The zero-order valence-corrected chi connectivity index (χ0v) is 13.2. The quantitative estimate of drug-likeness (QED) is 0.748. The molecule has 2 unspecified atom stereocenters. The van der Waals surface area contributed by atoms with Gasteiger partial charge < -0.3 is 15.2 Å². The number of aliphatic hydroxyl groups excluding tert-OH is 1. The minimum absolute atomic E-state index is 0.350. The molecule has 1 heterocycles. The van der Waals surface area contributed by atoms with Crippen molar-refractivity contribution in [2.45, 2.75) is 32.1 Å². The van der Waals surface area contributed by atoms with Gasteiger partial charge in [-0.15, -0.1) is 0 Å². The number of benzene rings is 1. The molecule has 0 aliphatic heterocycles. The van der Waals surface area contributed by atoms with Gasteiger partial charge in [-0.1, -0.05) is 30.3 Å². The molecule has 2 aromatic rings. The van der Waals surface area contributed by atoms with Crippen LogP contribution in [0.25, 0.3) is 0 Å². The van der Waals surface area contributed by atoms with Crippen LogP contribution in [0, 0.1) is 0 Å². The van der Waals surface area contributed by atoms with Crippen LogP contribution in [0.5, 0.6) is 0 Å². The van der Waals surface area contributed by atoms with Crippen molar-refractivity contribution in [2.24, 2.45) is 0 Å². The molecule has 2 rings (SSSR count). The minimum atomic E-state index is -0.473. The van der Waals surface area contributed by atoms with E-state index in [-0.39, 0.29) is 0 Å². The van der Waals surface area contributed by atoms with E-state index in [1.54, 1.807) is 11.3 Å². The van der Waals surface area contributed by atoms with Gasteiger partial charge in [0.05, 0.1) is 19.3 Å². The predicted octanol–water partition coefficient (Wildman–Crippen LogP) is 2.85. The smallest absolute Gasteiger partial charge is 0.0897 e. The van der Waals surface area contributed by atoms with Gasteiger partial charge in [-0.25, -0.2) is 0 Å². The van der Waals surface area contributed by atoms with Crippen molar-refractivity contribution in [3.8, 4) is 0 Å². The molecule has 0 spiro atoms. The molecule has 1 aromatic carbocycles. The Morgan fingerprint density at radius 1 is 1.19 bits per heavy atom. The van der Waals surface area contributed by atoms with Crippen LogP contribution in [0.15, 0.2) is 47.2 Å². The number of ether oxygens (including phenoxy) is 1. The third kappa shape index (κ3) is 6.40. The molecule has 2 N–H and O–H groups in total. The largest absolute Gasteiger partial charge is 0.389 e. The van der Waals surface area contributed by atoms with E-state index in [0.717, 1.165) is 12.0 Å². The van der Waals surface area contributed by atoms with Crippen molar-refractivity contribution in [3.05, 3.63) is 58.3 Å². The van der Waals surface area contributed by atoms with Gasteiger partial charge in [0.2, 0.25) is 0 Å². The van der Waals surface area contributed by atoms with E-state index in [9.17, 15) is 5.11 Å². The predicted molar refractivity (Wildman–Crippen MR) is 87.6 cm³/mol. The molecule has 4 heteroatoms. The summed E-state index contributed by atoms with van der Waals surface area (Å²) in [5.74, 6) is 0. The van der Waals surface area contributed by atoms with E-state index >= 15 is 0 Å². The third-order valence-corrected chi connectivity index (χ3v) is 3.98. The molecule has 0 aliphatic carbocycles. The Labute approximate surface area is 130 Å². The topological polar surface area (TPSA) is 41.5 Å². The molecule has 2 atom stereocenters. The summed E-state index contributed by atoms with van der Waals surface area (Å²) in [6.45, 7) is 3.59. The first-order valence-electron chi connectivity index (χ1n) is 7.28. The Bertz CT molecular complexity index is 487. The second-order valence-corrected chi connectivity index (χ2v) is 6.08. The van der Waals surface area contributed by atoms with E-state index in [1.165, 1.54) is 5.56 Å². The second kappa shape index (κ2) is 8.95. The molecule has 0 saturated heterocycles. The van der Waals surface area contributed by atoms with Gasteiger partial charge in [0.1, 0.15) is 0 Å². The first-order valence-corrected chi connectivity index (χ1v) is 8.22. The van der Waals surface area contributed by atoms with Crippen LogP contribution in [-0.2, 0) is 17.8 Å². The highest BCUT2D eigenvalue weighted by Gasteiger charge is 2.08. The molecule has 114 valence electrons. The lowest BCUT2D eigenvalue weighted by Crippen LogP contribution is -2.36. The standard InChI is InChI=1S/C17H23NO2S/c1-14(9-16-7-8-21-13-16)18-10-17(19)12-20-11-15-5-3-2-4-6-15/h2-8,13-14,17-19H,9-12H2,1H3. The summed E-state index contributed by atoms with van der Waals surface area (Å²) in [6, 6.07) is 12.5. The van der Waals surface area contributed by atoms with Crippen LogP contribution in [-0.4, -0.2) is 30.4 Å². The number of aliphatic hydroxyl groups is 1. The maximum Gasteiger partial charge on any atom is 0.0897 e. The van der Waals surface area contributed by atoms with Crippen molar-refractivity contribution in [1.29, 1.82) is 0 Å². The SMILES string of the molecule is CC(Cc1ccsc1)NCC(O)COCc1ccccc1. The van der Waals surface area contributed by atoms with Crippen molar-refractivity contribution in [1.82, 2.24) is 5.32 Å². The molecule has 21 heavy (non-hydrogen) atoms. The molecule has 0 fully saturated rings. The lowest BCUT2D eigenvalue weighted by atomic mass is 10.1. The average Bonchev–Trinajstić information content (AvgIpc) is 2.99. The van der Waals surface area contributed by atoms with Crippen LogP contribution in [0.3, 0.4) is 0 Å². The lowest BCUT2D eigenvalue weighted by Gasteiger charge is -2.17. The monoisotopic (exact) mass is 305 g/mol. The average molecular weight is 305 g/mol. The first kappa shape index (κ1) is 16.2. The normalized spacial score (nSPS) is 14.0. The van der Waals surface area contributed by atoms with Gasteiger partial charge in [0.25, 0.3) is 0 Å².